The topological polar surface area (TPSA) is 59.3 Å². The van der Waals surface area contributed by atoms with Crippen molar-refractivity contribution in [1.29, 1.82) is 5.26 Å². The normalized spacial score (nSPS) is 19.0. The number of ether oxygens (including phenoxy) is 2. The molecule has 0 spiro atoms. The highest BCUT2D eigenvalue weighted by molar-refractivity contribution is 5.77. The van der Waals surface area contributed by atoms with Crippen LogP contribution in [0.2, 0.25) is 0 Å². The summed E-state index contributed by atoms with van der Waals surface area (Å²) < 4.78 is 11.2. The number of nitrogens with zero attached hydrogens (tertiary/aromatic N) is 1. The van der Waals surface area contributed by atoms with Crippen LogP contribution < -0.4 is 4.74 Å². The molecular weight excluding hydrogens is 302 g/mol. The molecule has 1 aliphatic carbocycles. The molecule has 0 amide bonds. The molecule has 1 aliphatic rings. The van der Waals surface area contributed by atoms with Crippen molar-refractivity contribution in [3.8, 4) is 17.6 Å². The van der Waals surface area contributed by atoms with Crippen molar-refractivity contribution < 1.29 is 14.3 Å². The van der Waals surface area contributed by atoms with Crippen LogP contribution in [0.15, 0.2) is 54.6 Å². The zero-order valence-corrected chi connectivity index (χ0v) is 13.7. The Kier molecular flexibility index (Phi) is 4.26. The highest BCUT2D eigenvalue weighted by atomic mass is 16.5. The maximum atomic E-state index is 12.1. The summed E-state index contributed by atoms with van der Waals surface area (Å²) in [4.78, 5) is 12.1. The molecule has 1 saturated carbocycles. The molecule has 2 aromatic rings. The summed E-state index contributed by atoms with van der Waals surface area (Å²) in [6.07, 6.45) is -0.116. The third-order valence-corrected chi connectivity index (χ3v) is 4.29. The number of nitriles is 1. The summed E-state index contributed by atoms with van der Waals surface area (Å²) in [6.45, 7) is 4.04. The summed E-state index contributed by atoms with van der Waals surface area (Å²) in [6, 6.07) is 18.5. The third kappa shape index (κ3) is 3.57. The van der Waals surface area contributed by atoms with Crippen LogP contribution in [0.4, 0.5) is 0 Å². The van der Waals surface area contributed by atoms with E-state index in [0.717, 1.165) is 6.42 Å². The molecule has 0 N–H and O–H groups in total. The summed E-state index contributed by atoms with van der Waals surface area (Å²) in [5.74, 6) is 0.889. The van der Waals surface area contributed by atoms with Crippen LogP contribution in [0.3, 0.4) is 0 Å². The molecule has 4 nitrogen and oxygen atoms in total. The first-order chi connectivity index (χ1) is 11.5. The second-order valence-corrected chi connectivity index (χ2v) is 6.68. The lowest BCUT2D eigenvalue weighted by Crippen LogP contribution is -2.14. The van der Waals surface area contributed by atoms with E-state index in [1.54, 1.807) is 24.3 Å². The average molecular weight is 321 g/mol. The second kappa shape index (κ2) is 6.37. The molecule has 0 radical (unpaired) electrons. The number of esters is 1. The number of rotatable bonds is 5. The Labute approximate surface area is 141 Å². The number of para-hydroxylation sites is 1. The fourth-order valence-corrected chi connectivity index (χ4v) is 2.60. The molecule has 2 atom stereocenters. The van der Waals surface area contributed by atoms with Crippen molar-refractivity contribution in [2.24, 2.45) is 11.3 Å². The summed E-state index contributed by atoms with van der Waals surface area (Å²) in [7, 11) is 0. The fourth-order valence-electron chi connectivity index (χ4n) is 2.60. The minimum atomic E-state index is -0.923. The van der Waals surface area contributed by atoms with Gasteiger partial charge >= 0.3 is 5.97 Å². The number of carbonyl (C=O) groups is 1. The number of benzene rings is 2. The first kappa shape index (κ1) is 16.1. The van der Waals surface area contributed by atoms with Gasteiger partial charge in [-0.3, -0.25) is 4.79 Å². The molecule has 1 fully saturated rings. The molecule has 2 aromatic carbocycles. The molecule has 24 heavy (non-hydrogen) atoms. The summed E-state index contributed by atoms with van der Waals surface area (Å²) in [5.41, 5.74) is 0.591. The monoisotopic (exact) mass is 321 g/mol. The molecule has 0 aliphatic heterocycles. The van der Waals surface area contributed by atoms with Crippen molar-refractivity contribution in [2.75, 3.05) is 0 Å². The van der Waals surface area contributed by atoms with Gasteiger partial charge in [-0.1, -0.05) is 44.2 Å². The van der Waals surface area contributed by atoms with Gasteiger partial charge in [-0.25, -0.2) is 0 Å². The minimum absolute atomic E-state index is 0.0185. The molecular formula is C20H19NO3. The largest absolute Gasteiger partial charge is 0.457 e. The second-order valence-electron chi connectivity index (χ2n) is 6.68. The first-order valence-corrected chi connectivity index (χ1v) is 7.92. The zero-order chi connectivity index (χ0) is 17.2. The minimum Gasteiger partial charge on any atom is -0.457 e. The van der Waals surface area contributed by atoms with Crippen molar-refractivity contribution in [3.05, 3.63) is 60.2 Å². The van der Waals surface area contributed by atoms with E-state index in [1.807, 2.05) is 44.2 Å². The Morgan fingerprint density at radius 2 is 1.83 bits per heavy atom. The Bertz CT molecular complexity index is 777. The Hall–Kier alpha value is -2.80. The van der Waals surface area contributed by atoms with Gasteiger partial charge in [0, 0.05) is 5.56 Å². The highest BCUT2D eigenvalue weighted by Gasteiger charge is 2.52. The van der Waals surface area contributed by atoms with Gasteiger partial charge in [0.25, 0.3) is 0 Å². The van der Waals surface area contributed by atoms with Gasteiger partial charge in [-0.05, 0) is 36.1 Å². The van der Waals surface area contributed by atoms with Crippen molar-refractivity contribution in [1.82, 2.24) is 0 Å². The maximum absolute atomic E-state index is 12.1. The van der Waals surface area contributed by atoms with Gasteiger partial charge in [-0.15, -0.1) is 0 Å². The van der Waals surface area contributed by atoms with E-state index in [9.17, 15) is 10.1 Å². The number of carbonyl (C=O) groups excluding carboxylic acids is 1. The van der Waals surface area contributed by atoms with E-state index in [0.29, 0.717) is 17.1 Å². The number of hydrogen-bond donors (Lipinski definition) is 0. The van der Waals surface area contributed by atoms with E-state index >= 15 is 0 Å². The lowest BCUT2D eigenvalue weighted by Gasteiger charge is -2.13. The van der Waals surface area contributed by atoms with Crippen LogP contribution in [-0.2, 0) is 9.53 Å². The summed E-state index contributed by atoms with van der Waals surface area (Å²) in [5, 5.41) is 9.37. The lowest BCUT2D eigenvalue weighted by atomic mass is 10.1. The van der Waals surface area contributed by atoms with Gasteiger partial charge in [0.1, 0.15) is 17.6 Å². The molecule has 0 bridgehead atoms. The number of hydrogen-bond acceptors (Lipinski definition) is 4. The molecule has 3 rings (SSSR count). The van der Waals surface area contributed by atoms with Crippen molar-refractivity contribution >= 4 is 5.97 Å². The van der Waals surface area contributed by atoms with Crippen LogP contribution in [0, 0.1) is 22.7 Å². The summed E-state index contributed by atoms with van der Waals surface area (Å²) >= 11 is 0. The molecule has 0 aromatic heterocycles. The van der Waals surface area contributed by atoms with Gasteiger partial charge in [-0.2, -0.15) is 5.26 Å². The van der Waals surface area contributed by atoms with E-state index < -0.39 is 6.10 Å². The molecule has 4 heteroatoms. The van der Waals surface area contributed by atoms with Crippen LogP contribution >= 0.6 is 0 Å². The molecule has 0 heterocycles. The van der Waals surface area contributed by atoms with Gasteiger partial charge in [0.2, 0.25) is 6.10 Å². The average Bonchev–Trinajstić information content (AvgIpc) is 3.22. The first-order valence-electron chi connectivity index (χ1n) is 7.92. The van der Waals surface area contributed by atoms with Gasteiger partial charge in [0.15, 0.2) is 0 Å². The maximum Gasteiger partial charge on any atom is 0.311 e. The van der Waals surface area contributed by atoms with Crippen LogP contribution in [0.5, 0.6) is 11.5 Å². The quantitative estimate of drug-likeness (QED) is 0.753. The molecule has 0 saturated heterocycles. The zero-order valence-electron chi connectivity index (χ0n) is 13.7. The predicted octanol–water partition coefficient (Wildman–Crippen LogP) is 4.63. The molecule has 1 unspecified atom stereocenters. The fraction of sp³-hybridized carbons (Fsp3) is 0.300. The van der Waals surface area contributed by atoms with Crippen molar-refractivity contribution in [2.45, 2.75) is 26.4 Å². The van der Waals surface area contributed by atoms with Gasteiger partial charge in [0.05, 0.1) is 5.92 Å². The lowest BCUT2D eigenvalue weighted by molar-refractivity contribution is -0.149. The Balaban J connectivity index is 1.72. The predicted molar refractivity (Wildman–Crippen MR) is 89.3 cm³/mol. The highest BCUT2D eigenvalue weighted by Crippen LogP contribution is 2.52. The standard InChI is InChI=1S/C20H19NO3/c1-20(2)12-17(20)19(22)24-18(13-21)14-7-6-10-16(11-14)23-15-8-4-3-5-9-15/h3-11,17-18H,12H2,1-2H3/t17?,18-/m1/s1. The van der Waals surface area contributed by atoms with Crippen molar-refractivity contribution in [3.63, 3.8) is 0 Å². The van der Waals surface area contributed by atoms with Gasteiger partial charge < -0.3 is 9.47 Å². The van der Waals surface area contributed by atoms with Crippen LogP contribution in [0.1, 0.15) is 31.9 Å². The Morgan fingerprint density at radius 1 is 1.17 bits per heavy atom. The van der Waals surface area contributed by atoms with E-state index in [-0.39, 0.29) is 17.3 Å². The Morgan fingerprint density at radius 3 is 2.46 bits per heavy atom. The van der Waals surface area contributed by atoms with E-state index in [4.69, 9.17) is 9.47 Å². The van der Waals surface area contributed by atoms with Crippen LogP contribution in [0.25, 0.3) is 0 Å². The molecule has 122 valence electrons. The smallest absolute Gasteiger partial charge is 0.311 e. The third-order valence-electron chi connectivity index (χ3n) is 4.29. The van der Waals surface area contributed by atoms with E-state index in [2.05, 4.69) is 6.07 Å². The van der Waals surface area contributed by atoms with E-state index in [1.165, 1.54) is 0 Å². The van der Waals surface area contributed by atoms with Crippen LogP contribution in [-0.4, -0.2) is 5.97 Å². The SMILES string of the molecule is CC1(C)CC1C(=O)O[C@H](C#N)c1cccc(Oc2ccccc2)c1.